The zero-order valence-corrected chi connectivity index (χ0v) is 6.00. The highest BCUT2D eigenvalue weighted by atomic mass is 16.5. The molecule has 1 aromatic carbocycles. The Hall–Kier alpha value is -1.51. The third-order valence-corrected chi connectivity index (χ3v) is 1.19. The summed E-state index contributed by atoms with van der Waals surface area (Å²) in [5.74, 6) is -0.468. The zero-order chi connectivity index (χ0) is 8.27. The topological polar surface area (TPSA) is 46.5 Å². The summed E-state index contributed by atoms with van der Waals surface area (Å²) in [5, 5.41) is 8.93. The molecule has 0 aliphatic carbocycles. The van der Waals surface area contributed by atoms with Gasteiger partial charge in [-0.2, -0.15) is 0 Å². The molecular weight excluding hydrogens is 144 g/mol. The Kier molecular flexibility index (Phi) is 2.11. The van der Waals surface area contributed by atoms with Crippen LogP contribution < -0.4 is 0 Å². The van der Waals surface area contributed by atoms with Crippen molar-refractivity contribution in [2.75, 3.05) is 7.11 Å². The molecule has 1 aromatic rings. The second-order valence-corrected chi connectivity index (χ2v) is 1.95. The fourth-order valence-electron chi connectivity index (χ4n) is 0.682. The Morgan fingerprint density at radius 3 is 3.00 bits per heavy atom. The molecule has 1 radical (unpaired) electrons. The predicted molar refractivity (Wildman–Crippen MR) is 38.3 cm³/mol. The minimum absolute atomic E-state index is 0.0316. The van der Waals surface area contributed by atoms with Crippen LogP contribution >= 0.6 is 0 Å². The number of phenols is 1. The lowest BCUT2D eigenvalue weighted by atomic mass is 10.2. The van der Waals surface area contributed by atoms with E-state index in [0.29, 0.717) is 0 Å². The third kappa shape index (κ3) is 1.70. The van der Waals surface area contributed by atoms with Gasteiger partial charge in [-0.15, -0.1) is 0 Å². The SMILES string of the molecule is COC(=O)c1[c]ccc(O)c1. The maximum absolute atomic E-state index is 10.8. The molecule has 11 heavy (non-hydrogen) atoms. The molecule has 57 valence electrons. The number of phenolic OH excluding ortho intramolecular Hbond substituents is 1. The van der Waals surface area contributed by atoms with Crippen molar-refractivity contribution in [2.24, 2.45) is 0 Å². The summed E-state index contributed by atoms with van der Waals surface area (Å²) >= 11 is 0. The Labute approximate surface area is 64.2 Å². The molecular formula is C8H7O3. The van der Waals surface area contributed by atoms with Gasteiger partial charge in [-0.1, -0.05) is 0 Å². The molecule has 1 rings (SSSR count). The summed E-state index contributed by atoms with van der Waals surface area (Å²) in [6.07, 6.45) is 0. The highest BCUT2D eigenvalue weighted by Crippen LogP contribution is 2.10. The number of carbonyl (C=O) groups is 1. The molecule has 0 saturated heterocycles. The summed E-state index contributed by atoms with van der Waals surface area (Å²) in [4.78, 5) is 10.8. The number of methoxy groups -OCH3 is 1. The van der Waals surface area contributed by atoms with E-state index in [9.17, 15) is 4.79 Å². The predicted octanol–water partition coefficient (Wildman–Crippen LogP) is 0.979. The average Bonchev–Trinajstić information content (AvgIpc) is 2.03. The summed E-state index contributed by atoms with van der Waals surface area (Å²) < 4.78 is 4.41. The Morgan fingerprint density at radius 1 is 1.73 bits per heavy atom. The average molecular weight is 151 g/mol. The van der Waals surface area contributed by atoms with Crippen LogP contribution in [0.1, 0.15) is 10.4 Å². The number of benzene rings is 1. The first-order valence-corrected chi connectivity index (χ1v) is 3.03. The first-order chi connectivity index (χ1) is 5.24. The summed E-state index contributed by atoms with van der Waals surface area (Å²) in [6.45, 7) is 0. The maximum Gasteiger partial charge on any atom is 0.338 e. The normalized spacial score (nSPS) is 9.18. The van der Waals surface area contributed by atoms with Gasteiger partial charge in [0.25, 0.3) is 0 Å². The van der Waals surface area contributed by atoms with Crippen LogP contribution in [0.15, 0.2) is 18.2 Å². The number of hydrogen-bond donors (Lipinski definition) is 1. The smallest absolute Gasteiger partial charge is 0.338 e. The fourth-order valence-corrected chi connectivity index (χ4v) is 0.682. The van der Waals surface area contributed by atoms with E-state index >= 15 is 0 Å². The Morgan fingerprint density at radius 2 is 2.45 bits per heavy atom. The fraction of sp³-hybridized carbons (Fsp3) is 0.125. The van der Waals surface area contributed by atoms with E-state index in [1.807, 2.05) is 0 Å². The summed E-state index contributed by atoms with van der Waals surface area (Å²) in [5.41, 5.74) is 0.229. The van der Waals surface area contributed by atoms with Crippen molar-refractivity contribution in [3.63, 3.8) is 0 Å². The van der Waals surface area contributed by atoms with E-state index in [1.54, 1.807) is 0 Å². The summed E-state index contributed by atoms with van der Waals surface area (Å²) in [7, 11) is 1.28. The highest BCUT2D eigenvalue weighted by molar-refractivity contribution is 5.89. The first-order valence-electron chi connectivity index (χ1n) is 3.03. The first kappa shape index (κ1) is 7.60. The lowest BCUT2D eigenvalue weighted by Crippen LogP contribution is -2.00. The van der Waals surface area contributed by atoms with Gasteiger partial charge in [0, 0.05) is 0 Å². The third-order valence-electron chi connectivity index (χ3n) is 1.19. The van der Waals surface area contributed by atoms with Gasteiger partial charge in [-0.3, -0.25) is 0 Å². The van der Waals surface area contributed by atoms with Crippen molar-refractivity contribution < 1.29 is 14.6 Å². The maximum atomic E-state index is 10.8. The van der Waals surface area contributed by atoms with Gasteiger partial charge in [0.15, 0.2) is 0 Å². The molecule has 0 saturated carbocycles. The van der Waals surface area contributed by atoms with Crippen LogP contribution in [0.2, 0.25) is 0 Å². The van der Waals surface area contributed by atoms with Crippen molar-refractivity contribution in [1.29, 1.82) is 0 Å². The second-order valence-electron chi connectivity index (χ2n) is 1.95. The largest absolute Gasteiger partial charge is 0.508 e. The molecule has 0 heterocycles. The van der Waals surface area contributed by atoms with E-state index in [-0.39, 0.29) is 11.3 Å². The van der Waals surface area contributed by atoms with Crippen LogP contribution in [-0.2, 0) is 4.74 Å². The van der Waals surface area contributed by atoms with Gasteiger partial charge in [0.2, 0.25) is 0 Å². The Bertz CT molecular complexity index is 268. The standard InChI is InChI=1S/C8H7O3/c1-11-8(10)6-3-2-4-7(9)5-6/h2,4-5,9H,1H3. The molecule has 0 fully saturated rings. The van der Waals surface area contributed by atoms with E-state index < -0.39 is 5.97 Å². The van der Waals surface area contributed by atoms with Crippen molar-refractivity contribution >= 4 is 5.97 Å². The molecule has 0 bridgehead atoms. The van der Waals surface area contributed by atoms with Crippen molar-refractivity contribution in [1.82, 2.24) is 0 Å². The molecule has 0 aromatic heterocycles. The van der Waals surface area contributed by atoms with Gasteiger partial charge in [0.1, 0.15) is 5.75 Å². The minimum Gasteiger partial charge on any atom is -0.508 e. The highest BCUT2D eigenvalue weighted by Gasteiger charge is 2.04. The number of carbonyl (C=O) groups excluding carboxylic acids is 1. The number of hydrogen-bond acceptors (Lipinski definition) is 3. The summed E-state index contributed by atoms with van der Waals surface area (Å²) in [6, 6.07) is 6.82. The van der Waals surface area contributed by atoms with Crippen LogP contribution in [0, 0.1) is 6.07 Å². The molecule has 0 amide bonds. The second kappa shape index (κ2) is 3.05. The molecule has 0 aliphatic heterocycles. The van der Waals surface area contributed by atoms with Gasteiger partial charge in [-0.25, -0.2) is 4.79 Å². The van der Waals surface area contributed by atoms with Crippen molar-refractivity contribution in [3.05, 3.63) is 29.8 Å². The molecule has 0 spiro atoms. The van der Waals surface area contributed by atoms with E-state index in [1.165, 1.54) is 25.3 Å². The van der Waals surface area contributed by atoms with Crippen LogP contribution in [-0.4, -0.2) is 18.2 Å². The number of rotatable bonds is 1. The van der Waals surface area contributed by atoms with Gasteiger partial charge in [0.05, 0.1) is 12.7 Å². The minimum atomic E-state index is -0.499. The molecule has 1 N–H and O–H groups in total. The molecule has 3 heteroatoms. The lowest BCUT2D eigenvalue weighted by molar-refractivity contribution is 0.0600. The molecule has 0 atom stereocenters. The van der Waals surface area contributed by atoms with Crippen molar-refractivity contribution in [3.8, 4) is 5.75 Å². The number of aromatic hydroxyl groups is 1. The van der Waals surface area contributed by atoms with Gasteiger partial charge >= 0.3 is 5.97 Å². The zero-order valence-electron chi connectivity index (χ0n) is 6.00. The molecule has 0 aliphatic rings. The van der Waals surface area contributed by atoms with Gasteiger partial charge in [-0.05, 0) is 24.3 Å². The van der Waals surface area contributed by atoms with E-state index in [4.69, 9.17) is 5.11 Å². The van der Waals surface area contributed by atoms with Crippen LogP contribution in [0.4, 0.5) is 0 Å². The quantitative estimate of drug-likeness (QED) is 0.608. The van der Waals surface area contributed by atoms with E-state index in [0.717, 1.165) is 0 Å². The van der Waals surface area contributed by atoms with Crippen LogP contribution in [0.3, 0.4) is 0 Å². The molecule has 0 unspecified atom stereocenters. The van der Waals surface area contributed by atoms with E-state index in [2.05, 4.69) is 10.8 Å². The Balaban J connectivity index is 2.96. The van der Waals surface area contributed by atoms with Crippen molar-refractivity contribution in [2.45, 2.75) is 0 Å². The molecule has 3 nitrogen and oxygen atoms in total. The van der Waals surface area contributed by atoms with Crippen LogP contribution in [0.5, 0.6) is 5.75 Å². The number of esters is 1. The number of ether oxygens (including phenoxy) is 1. The van der Waals surface area contributed by atoms with Gasteiger partial charge < -0.3 is 9.84 Å². The van der Waals surface area contributed by atoms with Crippen LogP contribution in [0.25, 0.3) is 0 Å². The monoisotopic (exact) mass is 151 g/mol. The lowest BCUT2D eigenvalue weighted by Gasteiger charge is -1.97.